The van der Waals surface area contributed by atoms with Gasteiger partial charge in [0.2, 0.25) is 0 Å². The second-order valence-corrected chi connectivity index (χ2v) is 6.96. The van der Waals surface area contributed by atoms with Gasteiger partial charge in [0.1, 0.15) is 11.3 Å². The number of amides is 1. The number of benzene rings is 1. The predicted molar refractivity (Wildman–Crippen MR) is 100 cm³/mol. The lowest BCUT2D eigenvalue weighted by molar-refractivity contribution is -0.000494. The molecule has 0 unspecified atom stereocenters. The fourth-order valence-electron chi connectivity index (χ4n) is 3.24. The third kappa shape index (κ3) is 3.74. The average molecular weight is 370 g/mol. The highest BCUT2D eigenvalue weighted by Crippen LogP contribution is 2.18. The minimum atomic E-state index is -0.0358. The van der Waals surface area contributed by atoms with Crippen LogP contribution < -0.4 is 0 Å². The van der Waals surface area contributed by atoms with Gasteiger partial charge >= 0.3 is 0 Å². The zero-order valence-electron chi connectivity index (χ0n) is 14.3. The van der Waals surface area contributed by atoms with Crippen molar-refractivity contribution in [1.29, 1.82) is 0 Å². The summed E-state index contributed by atoms with van der Waals surface area (Å²) in [5, 5.41) is 0.616. The Balaban J connectivity index is 1.34. The van der Waals surface area contributed by atoms with Gasteiger partial charge in [-0.2, -0.15) is 0 Å². The molecule has 4 rings (SSSR count). The highest BCUT2D eigenvalue weighted by Gasteiger charge is 2.25. The lowest BCUT2D eigenvalue weighted by Crippen LogP contribution is -2.41. The summed E-state index contributed by atoms with van der Waals surface area (Å²) in [6.07, 6.45) is 5.38. The highest BCUT2D eigenvalue weighted by atomic mass is 35.5. The number of ether oxygens (including phenoxy) is 1. The van der Waals surface area contributed by atoms with E-state index in [9.17, 15) is 4.79 Å². The number of carbonyl (C=O) groups is 1. The number of fused-ring (bicyclic) bond motifs is 1. The number of pyridine rings is 1. The standard InChI is InChI=1S/C20H20ClN3O2/c21-16-6-7-19-22-18(13-24(19)12-16)20(25)23-10-8-17(9-11-23)26-14-15-4-2-1-3-5-15/h1-7,12-13,17H,8-11,14H2. The molecule has 0 spiro atoms. The molecule has 5 nitrogen and oxygen atoms in total. The maximum absolute atomic E-state index is 12.7. The van der Waals surface area contributed by atoms with E-state index in [-0.39, 0.29) is 12.0 Å². The molecule has 0 N–H and O–H groups in total. The Bertz CT molecular complexity index is 902. The van der Waals surface area contributed by atoms with E-state index in [1.807, 2.05) is 29.2 Å². The molecule has 3 aromatic rings. The van der Waals surface area contributed by atoms with Crippen LogP contribution in [-0.4, -0.2) is 39.4 Å². The molecule has 3 heterocycles. The molecule has 1 aliphatic heterocycles. The van der Waals surface area contributed by atoms with Crippen molar-refractivity contribution < 1.29 is 9.53 Å². The molecular formula is C20H20ClN3O2. The Morgan fingerprint density at radius 1 is 1.12 bits per heavy atom. The Labute approximate surface area is 157 Å². The summed E-state index contributed by atoms with van der Waals surface area (Å²) in [6.45, 7) is 1.99. The number of hydrogen-bond donors (Lipinski definition) is 0. The van der Waals surface area contributed by atoms with E-state index in [1.165, 1.54) is 5.56 Å². The van der Waals surface area contributed by atoms with Crippen LogP contribution in [0.5, 0.6) is 0 Å². The highest BCUT2D eigenvalue weighted by molar-refractivity contribution is 6.30. The summed E-state index contributed by atoms with van der Waals surface area (Å²) in [5.41, 5.74) is 2.35. The van der Waals surface area contributed by atoms with Crippen molar-refractivity contribution in [2.75, 3.05) is 13.1 Å². The van der Waals surface area contributed by atoms with Gasteiger partial charge in [0.25, 0.3) is 5.91 Å². The van der Waals surface area contributed by atoms with Crippen molar-refractivity contribution >= 4 is 23.2 Å². The molecule has 6 heteroatoms. The van der Waals surface area contributed by atoms with Crippen LogP contribution in [0.3, 0.4) is 0 Å². The molecule has 0 atom stereocenters. The summed E-state index contributed by atoms with van der Waals surface area (Å²) < 4.78 is 7.77. The first-order chi connectivity index (χ1) is 12.7. The van der Waals surface area contributed by atoms with Crippen LogP contribution in [0.2, 0.25) is 5.02 Å². The van der Waals surface area contributed by atoms with E-state index in [0.717, 1.165) is 18.5 Å². The molecule has 26 heavy (non-hydrogen) atoms. The number of nitrogens with zero attached hydrogens (tertiary/aromatic N) is 3. The molecular weight excluding hydrogens is 350 g/mol. The van der Waals surface area contributed by atoms with Gasteiger partial charge in [-0.05, 0) is 30.5 Å². The van der Waals surface area contributed by atoms with E-state index in [1.54, 1.807) is 22.9 Å². The topological polar surface area (TPSA) is 46.8 Å². The van der Waals surface area contributed by atoms with E-state index in [2.05, 4.69) is 17.1 Å². The Morgan fingerprint density at radius 2 is 1.88 bits per heavy atom. The van der Waals surface area contributed by atoms with Crippen molar-refractivity contribution in [3.63, 3.8) is 0 Å². The number of rotatable bonds is 4. The number of imidazole rings is 1. The summed E-state index contributed by atoms with van der Waals surface area (Å²) in [7, 11) is 0. The number of halogens is 1. The average Bonchev–Trinajstić information content (AvgIpc) is 3.10. The summed E-state index contributed by atoms with van der Waals surface area (Å²) in [6, 6.07) is 13.7. The molecule has 1 amide bonds. The molecule has 134 valence electrons. The summed E-state index contributed by atoms with van der Waals surface area (Å²) >= 11 is 5.99. The molecule has 1 fully saturated rings. The molecule has 0 bridgehead atoms. The first-order valence-corrected chi connectivity index (χ1v) is 9.16. The third-order valence-corrected chi connectivity index (χ3v) is 4.92. The van der Waals surface area contributed by atoms with Gasteiger partial charge in [0, 0.05) is 25.5 Å². The van der Waals surface area contributed by atoms with Crippen molar-refractivity contribution in [2.24, 2.45) is 0 Å². The molecule has 0 aliphatic carbocycles. The molecule has 2 aromatic heterocycles. The lowest BCUT2D eigenvalue weighted by Gasteiger charge is -2.31. The van der Waals surface area contributed by atoms with Gasteiger partial charge in [-0.25, -0.2) is 4.98 Å². The van der Waals surface area contributed by atoms with Gasteiger partial charge in [0.15, 0.2) is 0 Å². The van der Waals surface area contributed by atoms with Gasteiger partial charge < -0.3 is 14.0 Å². The first-order valence-electron chi connectivity index (χ1n) is 8.78. The van der Waals surface area contributed by atoms with Crippen LogP contribution in [-0.2, 0) is 11.3 Å². The van der Waals surface area contributed by atoms with Gasteiger partial charge in [-0.1, -0.05) is 41.9 Å². The summed E-state index contributed by atoms with van der Waals surface area (Å²) in [5.74, 6) is -0.0358. The lowest BCUT2D eigenvalue weighted by atomic mass is 10.1. The Morgan fingerprint density at radius 3 is 2.65 bits per heavy atom. The first kappa shape index (κ1) is 17.1. The molecule has 1 saturated heterocycles. The van der Waals surface area contributed by atoms with E-state index < -0.39 is 0 Å². The van der Waals surface area contributed by atoms with Gasteiger partial charge in [0.05, 0.1) is 17.7 Å². The van der Waals surface area contributed by atoms with Crippen molar-refractivity contribution in [3.05, 3.63) is 71.1 Å². The van der Waals surface area contributed by atoms with Crippen molar-refractivity contribution in [1.82, 2.24) is 14.3 Å². The number of aromatic nitrogens is 2. The smallest absolute Gasteiger partial charge is 0.274 e. The van der Waals surface area contributed by atoms with Crippen LogP contribution in [0.25, 0.3) is 5.65 Å². The number of hydrogen-bond acceptors (Lipinski definition) is 3. The van der Waals surface area contributed by atoms with Crippen LogP contribution in [0.15, 0.2) is 54.9 Å². The third-order valence-electron chi connectivity index (χ3n) is 4.69. The fourth-order valence-corrected chi connectivity index (χ4v) is 3.41. The number of piperidine rings is 1. The molecule has 1 aliphatic rings. The van der Waals surface area contributed by atoms with Crippen LogP contribution in [0.1, 0.15) is 28.9 Å². The van der Waals surface area contributed by atoms with E-state index in [0.29, 0.717) is 30.4 Å². The fraction of sp³-hybridized carbons (Fsp3) is 0.300. The molecule has 0 saturated carbocycles. The number of likely N-dealkylation sites (tertiary alicyclic amines) is 1. The minimum absolute atomic E-state index is 0.0358. The molecule has 0 radical (unpaired) electrons. The SMILES string of the molecule is O=C(c1cn2cc(Cl)ccc2n1)N1CCC(OCc2ccccc2)CC1. The van der Waals surface area contributed by atoms with Crippen molar-refractivity contribution in [3.8, 4) is 0 Å². The largest absolute Gasteiger partial charge is 0.373 e. The zero-order valence-corrected chi connectivity index (χ0v) is 15.1. The maximum Gasteiger partial charge on any atom is 0.274 e. The van der Waals surface area contributed by atoms with Crippen LogP contribution in [0.4, 0.5) is 0 Å². The zero-order chi connectivity index (χ0) is 17.9. The van der Waals surface area contributed by atoms with Gasteiger partial charge in [-0.3, -0.25) is 4.79 Å². The van der Waals surface area contributed by atoms with Crippen LogP contribution in [0, 0.1) is 0 Å². The maximum atomic E-state index is 12.7. The van der Waals surface area contributed by atoms with Gasteiger partial charge in [-0.15, -0.1) is 0 Å². The Kier molecular flexibility index (Phi) is 4.91. The predicted octanol–water partition coefficient (Wildman–Crippen LogP) is 3.81. The minimum Gasteiger partial charge on any atom is -0.373 e. The van der Waals surface area contributed by atoms with E-state index in [4.69, 9.17) is 16.3 Å². The monoisotopic (exact) mass is 369 g/mol. The van der Waals surface area contributed by atoms with Crippen LogP contribution >= 0.6 is 11.6 Å². The second-order valence-electron chi connectivity index (χ2n) is 6.53. The van der Waals surface area contributed by atoms with Crippen molar-refractivity contribution in [2.45, 2.75) is 25.6 Å². The normalized spacial score (nSPS) is 15.5. The quantitative estimate of drug-likeness (QED) is 0.702. The Hall–Kier alpha value is -2.37. The second kappa shape index (κ2) is 7.48. The number of carbonyl (C=O) groups excluding carboxylic acids is 1. The molecule has 1 aromatic carbocycles. The summed E-state index contributed by atoms with van der Waals surface area (Å²) in [4.78, 5) is 19.0. The van der Waals surface area contributed by atoms with E-state index >= 15 is 0 Å².